The van der Waals surface area contributed by atoms with Crippen LogP contribution in [0.5, 0.6) is 5.75 Å². The number of aryl methyl sites for hydroxylation is 2. The molecule has 0 aliphatic carbocycles. The van der Waals surface area contributed by atoms with Gasteiger partial charge in [-0.1, -0.05) is 48.5 Å². The zero-order chi connectivity index (χ0) is 20.2. The summed E-state index contributed by atoms with van der Waals surface area (Å²) in [7, 11) is 1.66. The van der Waals surface area contributed by atoms with Crippen LogP contribution in [-0.4, -0.2) is 39.2 Å². The fraction of sp³-hybridized carbons (Fsp3) is 0.348. The minimum atomic E-state index is 0.140. The number of para-hydroxylation sites is 1. The largest absolute Gasteiger partial charge is 0.496 e. The van der Waals surface area contributed by atoms with Crippen LogP contribution < -0.4 is 4.74 Å². The SMILES string of the molecule is COc1ccccc1CCC(=O)N1Cc2nnc(C)n2[C@H](Cc2ccccc2)C1. The van der Waals surface area contributed by atoms with Gasteiger partial charge in [0.15, 0.2) is 5.82 Å². The lowest BCUT2D eigenvalue weighted by molar-refractivity contribution is -0.133. The fourth-order valence-electron chi connectivity index (χ4n) is 4.11. The molecule has 6 nitrogen and oxygen atoms in total. The highest BCUT2D eigenvalue weighted by Gasteiger charge is 2.30. The van der Waals surface area contributed by atoms with Crippen molar-refractivity contribution in [1.29, 1.82) is 0 Å². The smallest absolute Gasteiger partial charge is 0.223 e. The van der Waals surface area contributed by atoms with E-state index in [4.69, 9.17) is 4.74 Å². The molecule has 1 aromatic heterocycles. The quantitative estimate of drug-likeness (QED) is 0.648. The molecule has 2 aromatic carbocycles. The van der Waals surface area contributed by atoms with Crippen LogP contribution in [0.3, 0.4) is 0 Å². The number of nitrogens with zero attached hydrogens (tertiary/aromatic N) is 4. The maximum absolute atomic E-state index is 13.0. The highest BCUT2D eigenvalue weighted by molar-refractivity contribution is 5.76. The number of rotatable bonds is 6. The summed E-state index contributed by atoms with van der Waals surface area (Å²) in [6.07, 6.45) is 1.96. The van der Waals surface area contributed by atoms with Crippen molar-refractivity contribution in [1.82, 2.24) is 19.7 Å². The van der Waals surface area contributed by atoms with Gasteiger partial charge in [0.1, 0.15) is 11.6 Å². The number of carbonyl (C=O) groups excluding carboxylic acids is 1. The van der Waals surface area contributed by atoms with Gasteiger partial charge in [-0.15, -0.1) is 10.2 Å². The maximum atomic E-state index is 13.0. The third-order valence-corrected chi connectivity index (χ3v) is 5.53. The fourth-order valence-corrected chi connectivity index (χ4v) is 4.11. The summed E-state index contributed by atoms with van der Waals surface area (Å²) in [5.74, 6) is 2.74. The van der Waals surface area contributed by atoms with Gasteiger partial charge in [-0.3, -0.25) is 4.79 Å². The van der Waals surface area contributed by atoms with Crippen LogP contribution >= 0.6 is 0 Å². The van der Waals surface area contributed by atoms with E-state index >= 15 is 0 Å². The van der Waals surface area contributed by atoms with Crippen LogP contribution in [-0.2, 0) is 24.2 Å². The van der Waals surface area contributed by atoms with Crippen LogP contribution in [0.15, 0.2) is 54.6 Å². The van der Waals surface area contributed by atoms with Crippen LogP contribution in [0.1, 0.15) is 35.2 Å². The number of carbonyl (C=O) groups is 1. The topological polar surface area (TPSA) is 60.2 Å². The standard InChI is InChI=1S/C23H26N4O2/c1-17-24-25-22-16-26(15-20(27(17)22)14-18-8-4-3-5-9-18)23(28)13-12-19-10-6-7-11-21(19)29-2/h3-11,20H,12-16H2,1-2H3/t20-/m1/s1. The van der Waals surface area contributed by atoms with Gasteiger partial charge in [0.25, 0.3) is 0 Å². The molecule has 0 spiro atoms. The van der Waals surface area contributed by atoms with Gasteiger partial charge in [0, 0.05) is 13.0 Å². The number of ether oxygens (including phenoxy) is 1. The lowest BCUT2D eigenvalue weighted by Crippen LogP contribution is -2.42. The Morgan fingerprint density at radius 2 is 1.86 bits per heavy atom. The summed E-state index contributed by atoms with van der Waals surface area (Å²) in [6.45, 7) is 3.16. The van der Waals surface area contributed by atoms with Crippen LogP contribution in [0.4, 0.5) is 0 Å². The summed E-state index contributed by atoms with van der Waals surface area (Å²) >= 11 is 0. The van der Waals surface area contributed by atoms with Crippen molar-refractivity contribution < 1.29 is 9.53 Å². The van der Waals surface area contributed by atoms with Crippen molar-refractivity contribution in [2.45, 2.75) is 38.8 Å². The molecule has 3 aromatic rings. The van der Waals surface area contributed by atoms with Crippen LogP contribution in [0.25, 0.3) is 0 Å². The number of hydrogen-bond acceptors (Lipinski definition) is 4. The molecule has 1 aliphatic heterocycles. The van der Waals surface area contributed by atoms with Gasteiger partial charge in [0.2, 0.25) is 5.91 Å². The normalized spacial score (nSPS) is 15.8. The Morgan fingerprint density at radius 1 is 1.10 bits per heavy atom. The van der Waals surface area contributed by atoms with Crippen LogP contribution in [0, 0.1) is 6.92 Å². The number of aromatic nitrogens is 3. The molecule has 0 N–H and O–H groups in total. The van der Waals surface area contributed by atoms with Gasteiger partial charge in [-0.2, -0.15) is 0 Å². The van der Waals surface area contributed by atoms with E-state index in [0.29, 0.717) is 25.9 Å². The van der Waals surface area contributed by atoms with E-state index in [0.717, 1.165) is 29.4 Å². The van der Waals surface area contributed by atoms with Crippen LogP contribution in [0.2, 0.25) is 0 Å². The lowest BCUT2D eigenvalue weighted by Gasteiger charge is -2.34. The lowest BCUT2D eigenvalue weighted by atomic mass is 10.0. The van der Waals surface area contributed by atoms with Gasteiger partial charge >= 0.3 is 0 Å². The van der Waals surface area contributed by atoms with E-state index < -0.39 is 0 Å². The van der Waals surface area contributed by atoms with Crippen molar-refractivity contribution in [3.63, 3.8) is 0 Å². The molecular formula is C23H26N4O2. The number of amides is 1. The predicted octanol–water partition coefficient (Wildman–Crippen LogP) is 3.35. The molecule has 29 heavy (non-hydrogen) atoms. The van der Waals surface area contributed by atoms with E-state index in [9.17, 15) is 4.79 Å². The Labute approximate surface area is 171 Å². The third-order valence-electron chi connectivity index (χ3n) is 5.53. The first-order valence-electron chi connectivity index (χ1n) is 9.99. The molecule has 0 unspecified atom stereocenters. The first kappa shape index (κ1) is 19.2. The molecule has 4 rings (SSSR count). The number of methoxy groups -OCH3 is 1. The summed E-state index contributed by atoms with van der Waals surface area (Å²) in [6, 6.07) is 18.4. The van der Waals surface area contributed by atoms with E-state index in [1.807, 2.05) is 54.3 Å². The average Bonchev–Trinajstić information content (AvgIpc) is 3.14. The minimum Gasteiger partial charge on any atom is -0.496 e. The molecule has 0 bridgehead atoms. The maximum Gasteiger partial charge on any atom is 0.223 e. The van der Waals surface area contributed by atoms with E-state index in [1.165, 1.54) is 5.56 Å². The molecular weight excluding hydrogens is 364 g/mol. The first-order valence-corrected chi connectivity index (χ1v) is 9.99. The number of fused-ring (bicyclic) bond motifs is 1. The molecule has 0 saturated heterocycles. The molecule has 1 aliphatic rings. The Morgan fingerprint density at radius 3 is 2.66 bits per heavy atom. The molecule has 2 heterocycles. The van der Waals surface area contributed by atoms with Gasteiger partial charge in [0.05, 0.1) is 19.7 Å². The summed E-state index contributed by atoms with van der Waals surface area (Å²) in [5, 5.41) is 8.58. The Kier molecular flexibility index (Phi) is 5.60. The highest BCUT2D eigenvalue weighted by Crippen LogP contribution is 2.26. The minimum absolute atomic E-state index is 0.140. The molecule has 1 amide bonds. The second kappa shape index (κ2) is 8.47. The Balaban J connectivity index is 1.49. The second-order valence-electron chi connectivity index (χ2n) is 7.46. The van der Waals surface area contributed by atoms with Crippen molar-refractivity contribution in [3.05, 3.63) is 77.4 Å². The zero-order valence-corrected chi connectivity index (χ0v) is 16.9. The summed E-state index contributed by atoms with van der Waals surface area (Å²) in [5.41, 5.74) is 2.31. The number of benzene rings is 2. The highest BCUT2D eigenvalue weighted by atomic mass is 16.5. The van der Waals surface area contributed by atoms with Crippen molar-refractivity contribution in [2.75, 3.05) is 13.7 Å². The third kappa shape index (κ3) is 4.16. The van der Waals surface area contributed by atoms with Gasteiger partial charge in [-0.05, 0) is 37.0 Å². The van der Waals surface area contributed by atoms with Gasteiger partial charge in [-0.25, -0.2) is 0 Å². The molecule has 0 saturated carbocycles. The number of hydrogen-bond donors (Lipinski definition) is 0. The van der Waals surface area contributed by atoms with E-state index in [-0.39, 0.29) is 11.9 Å². The summed E-state index contributed by atoms with van der Waals surface area (Å²) < 4.78 is 7.60. The monoisotopic (exact) mass is 390 g/mol. The summed E-state index contributed by atoms with van der Waals surface area (Å²) in [4.78, 5) is 14.9. The van der Waals surface area contributed by atoms with Crippen molar-refractivity contribution in [3.8, 4) is 5.75 Å². The predicted molar refractivity (Wildman–Crippen MR) is 111 cm³/mol. The van der Waals surface area contributed by atoms with E-state index in [2.05, 4.69) is 26.9 Å². The van der Waals surface area contributed by atoms with E-state index in [1.54, 1.807) is 7.11 Å². The average molecular weight is 390 g/mol. The zero-order valence-electron chi connectivity index (χ0n) is 16.9. The Bertz CT molecular complexity index is 984. The molecule has 150 valence electrons. The molecule has 0 radical (unpaired) electrons. The first-order chi connectivity index (χ1) is 14.2. The Hall–Kier alpha value is -3.15. The van der Waals surface area contributed by atoms with Crippen molar-refractivity contribution >= 4 is 5.91 Å². The second-order valence-corrected chi connectivity index (χ2v) is 7.46. The van der Waals surface area contributed by atoms with Gasteiger partial charge < -0.3 is 14.2 Å². The molecule has 0 fully saturated rings. The van der Waals surface area contributed by atoms with Crippen molar-refractivity contribution in [2.24, 2.45) is 0 Å². The molecule has 1 atom stereocenters. The molecule has 6 heteroatoms.